The Bertz CT molecular complexity index is 340. The van der Waals surface area contributed by atoms with Crippen molar-refractivity contribution in [2.45, 2.75) is 25.8 Å². The third-order valence-corrected chi connectivity index (χ3v) is 3.07. The van der Waals surface area contributed by atoms with E-state index in [0.29, 0.717) is 6.04 Å². The number of nitrogens with one attached hydrogen (secondary N) is 2. The van der Waals surface area contributed by atoms with Crippen LogP contribution in [-0.4, -0.2) is 16.9 Å². The Morgan fingerprint density at radius 1 is 1.69 bits per heavy atom. The molecule has 0 radical (unpaired) electrons. The number of aromatic nitrogens is 1. The predicted molar refractivity (Wildman–Crippen MR) is 54.5 cm³/mol. The summed E-state index contributed by atoms with van der Waals surface area (Å²) < 4.78 is 0. The van der Waals surface area contributed by atoms with Gasteiger partial charge in [0.1, 0.15) is 5.84 Å². The van der Waals surface area contributed by atoms with E-state index in [9.17, 15) is 0 Å². The average Bonchev–Trinajstić information content (AvgIpc) is 2.75. The van der Waals surface area contributed by atoms with E-state index in [1.54, 1.807) is 0 Å². The first-order chi connectivity index (χ1) is 6.16. The summed E-state index contributed by atoms with van der Waals surface area (Å²) in [5, 5.41) is 11.5. The van der Waals surface area contributed by atoms with Gasteiger partial charge in [-0.2, -0.15) is 0 Å². The maximum absolute atomic E-state index is 7.31. The first kappa shape index (κ1) is 8.50. The number of hydrogen-bond donors (Lipinski definition) is 3. The second-order valence-electron chi connectivity index (χ2n) is 3.27. The highest BCUT2D eigenvalue weighted by molar-refractivity contribution is 7.17. The number of rotatable bonds is 3. The molecule has 0 bridgehead atoms. The molecule has 1 saturated carbocycles. The van der Waals surface area contributed by atoms with E-state index >= 15 is 0 Å². The lowest BCUT2D eigenvalue weighted by Crippen LogP contribution is -2.10. The summed E-state index contributed by atoms with van der Waals surface area (Å²) in [4.78, 5) is 5.08. The van der Waals surface area contributed by atoms with Gasteiger partial charge in [-0.3, -0.25) is 5.41 Å². The van der Waals surface area contributed by atoms with Crippen molar-refractivity contribution in [1.82, 2.24) is 4.98 Å². The van der Waals surface area contributed by atoms with Gasteiger partial charge >= 0.3 is 0 Å². The average molecular weight is 196 g/mol. The number of hydrogen-bond acceptors (Lipinski definition) is 4. The van der Waals surface area contributed by atoms with Gasteiger partial charge in [0.05, 0.1) is 10.6 Å². The molecule has 0 aliphatic heterocycles. The monoisotopic (exact) mass is 196 g/mol. The quantitative estimate of drug-likeness (QED) is 0.504. The van der Waals surface area contributed by atoms with Gasteiger partial charge in [0.25, 0.3) is 0 Å². The van der Waals surface area contributed by atoms with Crippen LogP contribution in [0.5, 0.6) is 0 Å². The van der Waals surface area contributed by atoms with Crippen molar-refractivity contribution in [2.75, 3.05) is 5.32 Å². The van der Waals surface area contributed by atoms with Crippen molar-refractivity contribution in [3.8, 4) is 0 Å². The van der Waals surface area contributed by atoms with Gasteiger partial charge < -0.3 is 11.1 Å². The lowest BCUT2D eigenvalue weighted by atomic mass is 10.4. The zero-order valence-corrected chi connectivity index (χ0v) is 8.24. The first-order valence-corrected chi connectivity index (χ1v) is 5.07. The first-order valence-electron chi connectivity index (χ1n) is 4.25. The second-order valence-corrected chi connectivity index (χ2v) is 4.26. The van der Waals surface area contributed by atoms with Gasteiger partial charge in [-0.05, 0) is 19.8 Å². The van der Waals surface area contributed by atoms with E-state index in [4.69, 9.17) is 11.1 Å². The van der Waals surface area contributed by atoms with E-state index in [2.05, 4.69) is 10.3 Å². The van der Waals surface area contributed by atoms with Crippen LogP contribution < -0.4 is 11.1 Å². The number of thiazole rings is 1. The highest BCUT2D eigenvalue weighted by atomic mass is 32.1. The molecule has 0 atom stereocenters. The SMILES string of the molecule is Cc1nc(NC2CC2)sc1C(=N)N. The minimum absolute atomic E-state index is 0.110. The molecule has 1 aromatic heterocycles. The van der Waals surface area contributed by atoms with Crippen molar-refractivity contribution in [3.05, 3.63) is 10.6 Å². The van der Waals surface area contributed by atoms with Crippen molar-refractivity contribution in [3.63, 3.8) is 0 Å². The molecule has 0 saturated heterocycles. The fourth-order valence-corrected chi connectivity index (χ4v) is 2.02. The molecular formula is C8H12N4S. The minimum Gasteiger partial charge on any atom is -0.383 e. The molecule has 70 valence electrons. The molecule has 4 N–H and O–H groups in total. The summed E-state index contributed by atoms with van der Waals surface area (Å²) >= 11 is 1.46. The maximum Gasteiger partial charge on any atom is 0.183 e. The summed E-state index contributed by atoms with van der Waals surface area (Å²) in [6, 6.07) is 0.602. The van der Waals surface area contributed by atoms with Crippen molar-refractivity contribution in [2.24, 2.45) is 5.73 Å². The lowest BCUT2D eigenvalue weighted by molar-refractivity contribution is 1.12. The Kier molecular flexibility index (Phi) is 1.95. The number of amidine groups is 1. The molecule has 1 aliphatic carbocycles. The number of nitrogens with two attached hydrogens (primary N) is 1. The highest BCUT2D eigenvalue weighted by Crippen LogP contribution is 2.28. The Morgan fingerprint density at radius 3 is 2.85 bits per heavy atom. The molecule has 13 heavy (non-hydrogen) atoms. The van der Waals surface area contributed by atoms with Crippen LogP contribution in [0.4, 0.5) is 5.13 Å². The van der Waals surface area contributed by atoms with Crippen molar-refractivity contribution < 1.29 is 0 Å². The summed E-state index contributed by atoms with van der Waals surface area (Å²) in [6.07, 6.45) is 2.46. The fraction of sp³-hybridized carbons (Fsp3) is 0.500. The normalized spacial score (nSPS) is 15.8. The molecule has 5 heteroatoms. The third-order valence-electron chi connectivity index (χ3n) is 1.95. The van der Waals surface area contributed by atoms with Gasteiger partial charge in [-0.15, -0.1) is 0 Å². The summed E-state index contributed by atoms with van der Waals surface area (Å²) in [6.45, 7) is 1.88. The lowest BCUT2D eigenvalue weighted by Gasteiger charge is -1.95. The largest absolute Gasteiger partial charge is 0.383 e. The van der Waals surface area contributed by atoms with E-state index < -0.39 is 0 Å². The molecule has 0 aromatic carbocycles. The molecule has 0 amide bonds. The van der Waals surface area contributed by atoms with Crippen LogP contribution in [0.25, 0.3) is 0 Å². The van der Waals surface area contributed by atoms with Crippen LogP contribution in [0.3, 0.4) is 0 Å². The summed E-state index contributed by atoms with van der Waals surface area (Å²) in [5.41, 5.74) is 6.25. The van der Waals surface area contributed by atoms with Gasteiger partial charge in [-0.1, -0.05) is 11.3 Å². The van der Waals surface area contributed by atoms with E-state index in [1.807, 2.05) is 6.92 Å². The van der Waals surface area contributed by atoms with Gasteiger partial charge in [0, 0.05) is 6.04 Å². The summed E-state index contributed by atoms with van der Waals surface area (Å²) in [5.74, 6) is 0.110. The Balaban J connectivity index is 2.18. The van der Waals surface area contributed by atoms with Crippen molar-refractivity contribution >= 4 is 22.3 Å². The second kappa shape index (κ2) is 2.99. The fourth-order valence-electron chi connectivity index (χ4n) is 1.11. The standard InChI is InChI=1S/C8H12N4S/c1-4-6(7(9)10)13-8(11-4)12-5-2-3-5/h5H,2-3H2,1H3,(H3,9,10)(H,11,12). The topological polar surface area (TPSA) is 74.8 Å². The number of nitrogens with zero attached hydrogens (tertiary/aromatic N) is 1. The molecule has 1 aliphatic rings. The smallest absolute Gasteiger partial charge is 0.183 e. The Labute approximate surface area is 80.7 Å². The molecule has 0 spiro atoms. The van der Waals surface area contributed by atoms with Crippen LogP contribution in [-0.2, 0) is 0 Å². The van der Waals surface area contributed by atoms with Crippen LogP contribution in [0.1, 0.15) is 23.4 Å². The zero-order chi connectivity index (χ0) is 9.42. The van der Waals surface area contributed by atoms with Gasteiger partial charge in [-0.25, -0.2) is 4.98 Å². The molecule has 1 fully saturated rings. The van der Waals surface area contributed by atoms with Crippen LogP contribution >= 0.6 is 11.3 Å². The molecule has 1 heterocycles. The molecule has 1 aromatic rings. The van der Waals surface area contributed by atoms with Crippen LogP contribution in [0.2, 0.25) is 0 Å². The highest BCUT2D eigenvalue weighted by Gasteiger charge is 2.22. The van der Waals surface area contributed by atoms with Crippen LogP contribution in [0.15, 0.2) is 0 Å². The van der Waals surface area contributed by atoms with Gasteiger partial charge in [0.15, 0.2) is 5.13 Å². The van der Waals surface area contributed by atoms with Gasteiger partial charge in [0.2, 0.25) is 0 Å². The van der Waals surface area contributed by atoms with Crippen molar-refractivity contribution in [1.29, 1.82) is 5.41 Å². The van der Waals surface area contributed by atoms with E-state index in [0.717, 1.165) is 15.7 Å². The number of aryl methyl sites for hydroxylation is 1. The maximum atomic E-state index is 7.31. The molecular weight excluding hydrogens is 184 g/mol. The molecule has 2 rings (SSSR count). The Hall–Kier alpha value is -1.10. The number of nitrogen functional groups attached to an aromatic ring is 1. The molecule has 0 unspecified atom stereocenters. The Morgan fingerprint density at radius 2 is 2.38 bits per heavy atom. The number of anilines is 1. The van der Waals surface area contributed by atoms with E-state index in [-0.39, 0.29) is 5.84 Å². The zero-order valence-electron chi connectivity index (χ0n) is 7.42. The van der Waals surface area contributed by atoms with E-state index in [1.165, 1.54) is 24.2 Å². The minimum atomic E-state index is 0.110. The third kappa shape index (κ3) is 1.80. The molecule has 4 nitrogen and oxygen atoms in total. The van der Waals surface area contributed by atoms with Crippen LogP contribution in [0, 0.1) is 12.3 Å². The predicted octanol–water partition coefficient (Wildman–Crippen LogP) is 1.31. The summed E-state index contributed by atoms with van der Waals surface area (Å²) in [7, 11) is 0.